The van der Waals surface area contributed by atoms with Gasteiger partial charge < -0.3 is 5.32 Å². The largest absolute Gasteiger partial charge is 0.416 e. The summed E-state index contributed by atoms with van der Waals surface area (Å²) in [4.78, 5) is 13.7. The van der Waals surface area contributed by atoms with Crippen molar-refractivity contribution in [3.63, 3.8) is 0 Å². The molecule has 0 saturated carbocycles. The summed E-state index contributed by atoms with van der Waals surface area (Å²) in [5.41, 5.74) is 0.623. The molecule has 2 aromatic carbocycles. The number of carbonyl (C=O) groups excluding carboxylic acids is 1. The summed E-state index contributed by atoms with van der Waals surface area (Å²) in [5, 5.41) is 2.64. The van der Waals surface area contributed by atoms with Gasteiger partial charge in [-0.3, -0.25) is 9.69 Å². The van der Waals surface area contributed by atoms with E-state index < -0.39 is 11.7 Å². The summed E-state index contributed by atoms with van der Waals surface area (Å²) in [6, 6.07) is 14.6. The maximum absolute atomic E-state index is 12.6. The average Bonchev–Trinajstić information content (AvgIpc) is 2.59. The van der Waals surface area contributed by atoms with Crippen LogP contribution in [-0.4, -0.2) is 30.9 Å². The van der Waals surface area contributed by atoms with Crippen LogP contribution in [0.2, 0.25) is 0 Å². The molecule has 0 fully saturated rings. The molecule has 26 heavy (non-hydrogen) atoms. The lowest BCUT2D eigenvalue weighted by Crippen LogP contribution is -2.35. The summed E-state index contributed by atoms with van der Waals surface area (Å²) >= 11 is 0. The fourth-order valence-electron chi connectivity index (χ4n) is 2.31. The van der Waals surface area contributed by atoms with Crippen LogP contribution in [0.4, 0.5) is 13.2 Å². The van der Waals surface area contributed by atoms with Crippen molar-refractivity contribution in [2.75, 3.05) is 20.1 Å². The van der Waals surface area contributed by atoms with Crippen LogP contribution in [0.25, 0.3) is 0 Å². The lowest BCUT2D eigenvalue weighted by molar-refractivity contribution is -0.137. The van der Waals surface area contributed by atoms with E-state index in [4.69, 9.17) is 0 Å². The van der Waals surface area contributed by atoms with Crippen molar-refractivity contribution in [2.24, 2.45) is 0 Å². The number of nitrogens with zero attached hydrogens (tertiary/aromatic N) is 1. The molecule has 2 rings (SSSR count). The Bertz CT molecular complexity index is 792. The molecular weight excluding hydrogens is 341 g/mol. The molecule has 0 aliphatic carbocycles. The van der Waals surface area contributed by atoms with Crippen LogP contribution in [0, 0.1) is 11.8 Å². The van der Waals surface area contributed by atoms with Crippen molar-refractivity contribution in [1.82, 2.24) is 10.2 Å². The van der Waals surface area contributed by atoms with Crippen molar-refractivity contribution in [3.05, 3.63) is 71.3 Å². The van der Waals surface area contributed by atoms with Crippen LogP contribution in [0.15, 0.2) is 54.6 Å². The van der Waals surface area contributed by atoms with Crippen molar-refractivity contribution < 1.29 is 18.0 Å². The van der Waals surface area contributed by atoms with E-state index in [1.54, 1.807) is 0 Å². The predicted molar refractivity (Wildman–Crippen MR) is 94.1 cm³/mol. The van der Waals surface area contributed by atoms with Gasteiger partial charge in [-0.05, 0) is 30.8 Å². The Morgan fingerprint density at radius 1 is 1.12 bits per heavy atom. The van der Waals surface area contributed by atoms with Crippen LogP contribution in [0.1, 0.15) is 16.7 Å². The molecule has 0 unspecified atom stereocenters. The van der Waals surface area contributed by atoms with Gasteiger partial charge in [-0.1, -0.05) is 48.2 Å². The van der Waals surface area contributed by atoms with E-state index in [0.717, 1.165) is 17.7 Å². The minimum absolute atomic E-state index is 0.0776. The van der Waals surface area contributed by atoms with Crippen LogP contribution in [0.5, 0.6) is 0 Å². The number of nitrogens with one attached hydrogen (secondary N) is 1. The smallest absolute Gasteiger partial charge is 0.344 e. The lowest BCUT2D eigenvalue weighted by Gasteiger charge is -2.15. The molecule has 6 heteroatoms. The molecule has 0 radical (unpaired) electrons. The number of likely N-dealkylation sites (N-methyl/N-ethyl adjacent to an activating group) is 1. The molecule has 0 aliphatic heterocycles. The molecule has 0 aliphatic rings. The van der Waals surface area contributed by atoms with Gasteiger partial charge in [-0.25, -0.2) is 0 Å². The molecule has 1 amide bonds. The quantitative estimate of drug-likeness (QED) is 0.830. The third-order valence-corrected chi connectivity index (χ3v) is 3.51. The molecule has 1 N–H and O–H groups in total. The Balaban J connectivity index is 1.79. The standard InChI is InChI=1S/C20H19F3N2O/c1-25(14-17-7-3-2-4-8-17)15-19(26)24-12-6-10-16-9-5-11-18(13-16)20(21,22)23/h2-5,7-9,11,13H,12,14-15H2,1H3,(H,24,26). The number of benzene rings is 2. The number of rotatable bonds is 5. The third kappa shape index (κ3) is 6.61. The van der Waals surface area contributed by atoms with Crippen molar-refractivity contribution in [1.29, 1.82) is 0 Å². The first-order valence-electron chi connectivity index (χ1n) is 8.00. The molecular formula is C20H19F3N2O. The van der Waals surface area contributed by atoms with Crippen molar-refractivity contribution >= 4 is 5.91 Å². The minimum Gasteiger partial charge on any atom is -0.344 e. The first-order chi connectivity index (χ1) is 12.3. The number of amides is 1. The molecule has 0 atom stereocenters. The highest BCUT2D eigenvalue weighted by atomic mass is 19.4. The number of carbonyl (C=O) groups is 1. The lowest BCUT2D eigenvalue weighted by atomic mass is 10.1. The van der Waals surface area contributed by atoms with Gasteiger partial charge in [0.25, 0.3) is 0 Å². The van der Waals surface area contributed by atoms with E-state index in [-0.39, 0.29) is 24.6 Å². The summed E-state index contributed by atoms with van der Waals surface area (Å²) < 4.78 is 37.9. The Morgan fingerprint density at radius 3 is 2.54 bits per heavy atom. The first kappa shape index (κ1) is 19.5. The number of alkyl halides is 3. The van der Waals surface area contributed by atoms with E-state index >= 15 is 0 Å². The van der Waals surface area contributed by atoms with Gasteiger partial charge in [-0.2, -0.15) is 13.2 Å². The third-order valence-electron chi connectivity index (χ3n) is 3.51. The highest BCUT2D eigenvalue weighted by Crippen LogP contribution is 2.29. The molecule has 0 spiro atoms. The molecule has 3 nitrogen and oxygen atoms in total. The fourth-order valence-corrected chi connectivity index (χ4v) is 2.31. The van der Waals surface area contributed by atoms with E-state index in [9.17, 15) is 18.0 Å². The Labute approximate surface area is 150 Å². The van der Waals surface area contributed by atoms with E-state index in [1.807, 2.05) is 42.3 Å². The summed E-state index contributed by atoms with van der Waals surface area (Å²) in [7, 11) is 1.83. The van der Waals surface area contributed by atoms with Gasteiger partial charge in [0.15, 0.2) is 0 Å². The van der Waals surface area contributed by atoms with Gasteiger partial charge in [0.1, 0.15) is 0 Å². The van der Waals surface area contributed by atoms with Gasteiger partial charge in [-0.15, -0.1) is 0 Å². The molecule has 0 aromatic heterocycles. The topological polar surface area (TPSA) is 32.3 Å². The zero-order valence-corrected chi connectivity index (χ0v) is 14.3. The number of hydrogen-bond acceptors (Lipinski definition) is 2. The van der Waals surface area contributed by atoms with Gasteiger partial charge in [0, 0.05) is 12.1 Å². The zero-order chi connectivity index (χ0) is 19.0. The highest BCUT2D eigenvalue weighted by molar-refractivity contribution is 5.78. The number of hydrogen-bond donors (Lipinski definition) is 1. The van der Waals surface area contributed by atoms with Crippen LogP contribution >= 0.6 is 0 Å². The molecule has 136 valence electrons. The second-order valence-electron chi connectivity index (χ2n) is 5.81. The Morgan fingerprint density at radius 2 is 1.85 bits per heavy atom. The van der Waals surface area contributed by atoms with Crippen molar-refractivity contribution in [2.45, 2.75) is 12.7 Å². The maximum atomic E-state index is 12.6. The Kier molecular flexibility index (Phi) is 6.81. The van der Waals surface area contributed by atoms with E-state index in [1.165, 1.54) is 12.1 Å². The zero-order valence-electron chi connectivity index (χ0n) is 14.3. The van der Waals surface area contributed by atoms with Crippen molar-refractivity contribution in [3.8, 4) is 11.8 Å². The van der Waals surface area contributed by atoms with Gasteiger partial charge >= 0.3 is 6.18 Å². The van der Waals surface area contributed by atoms with E-state index in [0.29, 0.717) is 6.54 Å². The predicted octanol–water partition coefficient (Wildman–Crippen LogP) is 3.31. The molecule has 0 saturated heterocycles. The summed E-state index contributed by atoms with van der Waals surface area (Å²) in [6.07, 6.45) is -4.39. The average molecular weight is 360 g/mol. The molecule has 0 heterocycles. The maximum Gasteiger partial charge on any atom is 0.416 e. The van der Waals surface area contributed by atoms with Gasteiger partial charge in [0.05, 0.1) is 18.7 Å². The monoisotopic (exact) mass is 360 g/mol. The van der Waals surface area contributed by atoms with Gasteiger partial charge in [0.2, 0.25) is 5.91 Å². The molecule has 0 bridgehead atoms. The fraction of sp³-hybridized carbons (Fsp3) is 0.250. The highest BCUT2D eigenvalue weighted by Gasteiger charge is 2.30. The minimum atomic E-state index is -4.39. The van der Waals surface area contributed by atoms with Crippen LogP contribution in [0.3, 0.4) is 0 Å². The van der Waals surface area contributed by atoms with Crippen LogP contribution in [-0.2, 0) is 17.5 Å². The molecule has 2 aromatic rings. The summed E-state index contributed by atoms with van der Waals surface area (Å²) in [5.74, 6) is 5.10. The van der Waals surface area contributed by atoms with Crippen LogP contribution < -0.4 is 5.32 Å². The normalized spacial score (nSPS) is 11.0. The second-order valence-corrected chi connectivity index (χ2v) is 5.81. The SMILES string of the molecule is CN(CC(=O)NCC#Cc1cccc(C(F)(F)F)c1)Cc1ccccc1. The second kappa shape index (κ2) is 9.07. The first-order valence-corrected chi connectivity index (χ1v) is 8.00. The Hall–Kier alpha value is -2.78. The van der Waals surface area contributed by atoms with E-state index in [2.05, 4.69) is 17.2 Å². The number of halogens is 3. The summed E-state index contributed by atoms with van der Waals surface area (Å²) in [6.45, 7) is 0.929.